The van der Waals surface area contributed by atoms with E-state index in [0.29, 0.717) is 18.3 Å². The summed E-state index contributed by atoms with van der Waals surface area (Å²) in [6, 6.07) is -1.11. The molecule has 4 fully saturated rings. The summed E-state index contributed by atoms with van der Waals surface area (Å²) in [5, 5.41) is 50.7. The Bertz CT molecular complexity index is 2200. The second-order valence-corrected chi connectivity index (χ2v) is 20.5. The lowest BCUT2D eigenvalue weighted by Crippen LogP contribution is -2.65. The number of aliphatic hydroxyl groups is 3. The molecule has 3 heterocycles. The molecule has 0 aromatic carbocycles. The number of carbonyl (C=O) groups excluding carboxylic acids is 5. The molecule has 0 aromatic rings. The Morgan fingerprint density at radius 1 is 0.941 bits per heavy atom. The van der Waals surface area contributed by atoms with Crippen molar-refractivity contribution < 1.29 is 77.4 Å². The number of ketones is 1. The molecule has 1 saturated carbocycles. The van der Waals surface area contributed by atoms with Gasteiger partial charge in [-0.3, -0.25) is 24.5 Å². The normalized spacial score (nSPS) is 46.0. The van der Waals surface area contributed by atoms with Gasteiger partial charge in [-0.15, -0.1) is 0 Å². The van der Waals surface area contributed by atoms with Crippen molar-refractivity contribution in [3.05, 3.63) is 69.0 Å². The van der Waals surface area contributed by atoms with Gasteiger partial charge in [0, 0.05) is 42.9 Å². The van der Waals surface area contributed by atoms with Crippen LogP contribution in [0.4, 0.5) is 4.79 Å². The fourth-order valence-electron chi connectivity index (χ4n) is 12.7. The highest BCUT2D eigenvalue weighted by molar-refractivity contribution is 6.26. The van der Waals surface area contributed by atoms with Crippen LogP contribution in [0.25, 0.3) is 0 Å². The van der Waals surface area contributed by atoms with E-state index >= 15 is 4.79 Å². The first-order valence-electron chi connectivity index (χ1n) is 23.5. The summed E-state index contributed by atoms with van der Waals surface area (Å²) in [5.74, 6) is -6.55. The third-order valence-electron chi connectivity index (χ3n) is 16.0. The summed E-state index contributed by atoms with van der Waals surface area (Å²) in [5.41, 5.74) is -5.50. The number of fused-ring (bicyclic) bond motifs is 4. The van der Waals surface area contributed by atoms with Crippen molar-refractivity contribution in [1.82, 2.24) is 5.32 Å². The molecule has 20 atom stereocenters. The highest BCUT2D eigenvalue weighted by Crippen LogP contribution is 2.61. The molecule has 2 bridgehead atoms. The maximum Gasteiger partial charge on any atom is 0.407 e. The van der Waals surface area contributed by atoms with Gasteiger partial charge in [-0.2, -0.15) is 0 Å². The van der Waals surface area contributed by atoms with E-state index in [9.17, 15) is 44.6 Å². The molecule has 3 saturated heterocycles. The second-order valence-electron chi connectivity index (χ2n) is 20.5. The molecule has 4 N–H and O–H groups in total. The van der Waals surface area contributed by atoms with Gasteiger partial charge < -0.3 is 53.8 Å². The molecular formula is C49H66N2O17. The average molecular weight is 955 g/mol. The van der Waals surface area contributed by atoms with E-state index in [4.69, 9.17) is 33.2 Å². The number of hydrogen-bond donors (Lipinski definition) is 4. The Labute approximate surface area is 395 Å². The molecule has 68 heavy (non-hydrogen) atoms. The van der Waals surface area contributed by atoms with Crippen LogP contribution in [0.15, 0.2) is 58.9 Å². The number of Topliss-reactive ketones (excluding diaryl/α,β-unsaturated/α-hetero) is 1. The van der Waals surface area contributed by atoms with E-state index in [1.165, 1.54) is 26.0 Å². The zero-order chi connectivity index (χ0) is 49.9. The lowest BCUT2D eigenvalue weighted by atomic mass is 9.48. The maximum absolute atomic E-state index is 15.3. The number of methoxy groups -OCH3 is 1. The summed E-state index contributed by atoms with van der Waals surface area (Å²) in [4.78, 5) is 78.5. The Morgan fingerprint density at radius 2 is 1.63 bits per heavy atom. The lowest BCUT2D eigenvalue weighted by Gasteiger charge is -2.57. The summed E-state index contributed by atoms with van der Waals surface area (Å²) < 4.78 is 42.0. The van der Waals surface area contributed by atoms with Crippen LogP contribution in [-0.2, 0) is 52.3 Å². The average Bonchev–Trinajstić information content (AvgIpc) is 3.51. The number of carbonyl (C=O) groups is 5. The van der Waals surface area contributed by atoms with E-state index < -0.39 is 154 Å². The van der Waals surface area contributed by atoms with Crippen molar-refractivity contribution in [3.63, 3.8) is 0 Å². The third-order valence-corrected chi connectivity index (χ3v) is 16.0. The smallest absolute Gasteiger partial charge is 0.407 e. The summed E-state index contributed by atoms with van der Waals surface area (Å²) in [6.45, 7) is 15.4. The van der Waals surface area contributed by atoms with Gasteiger partial charge in [-0.25, -0.2) is 9.59 Å². The molecule has 1 spiro atoms. The molecule has 19 heteroatoms. The van der Waals surface area contributed by atoms with E-state index in [0.717, 1.165) is 7.11 Å². The zero-order valence-electron chi connectivity index (χ0n) is 40.2. The molecule has 2 unspecified atom stereocenters. The van der Waals surface area contributed by atoms with E-state index in [-0.39, 0.29) is 30.3 Å². The van der Waals surface area contributed by atoms with Gasteiger partial charge in [0.05, 0.1) is 50.0 Å². The fraction of sp³-hybridized carbons (Fsp3) is 0.694. The quantitative estimate of drug-likeness (QED) is 0.0496. The number of alkyl carbamates (subject to hydrolysis) is 1. The highest BCUT2D eigenvalue weighted by Gasteiger charge is 2.65. The predicted octanol–water partition coefficient (Wildman–Crippen LogP) is 4.51. The van der Waals surface area contributed by atoms with Gasteiger partial charge >= 0.3 is 18.0 Å². The second kappa shape index (κ2) is 19.2. The van der Waals surface area contributed by atoms with Crippen molar-refractivity contribution in [2.75, 3.05) is 7.11 Å². The fourth-order valence-corrected chi connectivity index (χ4v) is 12.7. The van der Waals surface area contributed by atoms with Crippen molar-refractivity contribution >= 4 is 30.1 Å². The van der Waals surface area contributed by atoms with Gasteiger partial charge in [-0.1, -0.05) is 58.1 Å². The monoisotopic (exact) mass is 954 g/mol. The van der Waals surface area contributed by atoms with Gasteiger partial charge in [0.1, 0.15) is 35.9 Å². The third kappa shape index (κ3) is 8.87. The van der Waals surface area contributed by atoms with E-state index in [1.54, 1.807) is 26.8 Å². The van der Waals surface area contributed by atoms with Crippen LogP contribution in [0.1, 0.15) is 88.0 Å². The number of amides is 1. The van der Waals surface area contributed by atoms with E-state index in [1.807, 2.05) is 39.0 Å². The molecule has 0 radical (unpaired) electrons. The summed E-state index contributed by atoms with van der Waals surface area (Å²) in [6.07, 6.45) is 1.14. The van der Waals surface area contributed by atoms with Gasteiger partial charge in [0.25, 0.3) is 0 Å². The first kappa shape index (κ1) is 51.1. The molecule has 1 amide bonds. The van der Waals surface area contributed by atoms with Crippen LogP contribution in [0.5, 0.6) is 0 Å². The van der Waals surface area contributed by atoms with Crippen LogP contribution in [0.3, 0.4) is 0 Å². The van der Waals surface area contributed by atoms with Gasteiger partial charge in [-0.05, 0) is 74.0 Å². The number of rotatable bonds is 8. The first-order valence-corrected chi connectivity index (χ1v) is 23.5. The minimum absolute atomic E-state index is 0.00782. The van der Waals surface area contributed by atoms with Crippen LogP contribution >= 0.6 is 0 Å². The Kier molecular flexibility index (Phi) is 14.4. The number of aldehydes is 1. The largest absolute Gasteiger partial charge is 0.511 e. The minimum Gasteiger partial charge on any atom is -0.511 e. The summed E-state index contributed by atoms with van der Waals surface area (Å²) >= 11 is 0. The number of esters is 2. The Morgan fingerprint density at radius 3 is 2.28 bits per heavy atom. The molecule has 0 aromatic heterocycles. The molecule has 4 aliphatic carbocycles. The molecular weight excluding hydrogens is 889 g/mol. The topological polar surface area (TPSA) is 266 Å². The Hall–Kier alpha value is -4.79. The molecule has 3 aliphatic heterocycles. The number of nitrogens with one attached hydrogen (secondary N) is 1. The lowest BCUT2D eigenvalue weighted by molar-refractivity contribution is -0.584. The number of hydrogen-bond acceptors (Lipinski definition) is 17. The number of allylic oxidation sites excluding steroid dienone is 3. The maximum atomic E-state index is 15.3. The number of aliphatic hydroxyl groups excluding tert-OH is 3. The van der Waals surface area contributed by atoms with Gasteiger partial charge in [0.2, 0.25) is 11.3 Å². The van der Waals surface area contributed by atoms with Crippen molar-refractivity contribution in [2.45, 2.75) is 160 Å². The molecule has 7 rings (SSSR count). The number of ether oxygens (including phenoxy) is 7. The Balaban J connectivity index is 1.34. The van der Waals surface area contributed by atoms with Crippen LogP contribution in [0.2, 0.25) is 0 Å². The summed E-state index contributed by atoms with van der Waals surface area (Å²) in [7, 11) is 1.14. The SMILES string of the molecule is COC(=O)N[C@H]1[C@@H](C)O[C@@H](O[C@H]2/C=C/C(C)[C@@H]3C=C[C@@H]4[C@@H](O[C@H]5C[C@@H](OC(C)=O)[C@@H](O)[C@H](C)O5)[C@@H](C)C[C@H](C)[C@H]4[C@]3(C)C(O)=C3C(=O)OC4(CC(C=O)=C[C@H](O)[C@H]4/C=C/2C)C3=O)C[C@]1(C)[N+](=O)[O-]. The molecule has 374 valence electrons. The minimum atomic E-state index is -2.17. The van der Waals surface area contributed by atoms with Crippen LogP contribution < -0.4 is 5.32 Å². The zero-order valence-corrected chi connectivity index (χ0v) is 40.2. The van der Waals surface area contributed by atoms with Crippen molar-refractivity contribution in [3.8, 4) is 0 Å². The van der Waals surface area contributed by atoms with Crippen molar-refractivity contribution in [2.24, 2.45) is 46.8 Å². The highest BCUT2D eigenvalue weighted by atomic mass is 16.7. The van der Waals surface area contributed by atoms with Crippen LogP contribution in [-0.4, -0.2) is 130 Å². The van der Waals surface area contributed by atoms with Gasteiger partial charge in [0.15, 0.2) is 18.2 Å². The van der Waals surface area contributed by atoms with Crippen LogP contribution in [0, 0.1) is 57.0 Å². The van der Waals surface area contributed by atoms with Crippen molar-refractivity contribution in [1.29, 1.82) is 0 Å². The standard InChI is InChI=1S/C49H66N2O17/c1-22-11-14-34(66-37-20-47(8,51(60)61)42(27(6)64-37)50-46(59)62-10)23(2)16-32-33(54)17-29(21-52)19-49(32)44(57)38(45(58)68-49)43(56)48(9)31(22)13-12-30-39(48)24(3)15-25(4)41(30)67-36-18-35(65-28(7)53)40(55)26(5)63-36/h11-14,16-17,21-22,24-27,30-37,39-42,54-56H,15,18-20H2,1-10H3,(H,50,59)/b14-11+,23-16+,43-38?/t22?,24-,25-,26-,27+,30-,31-,32+,33-,34-,35+,36-,37-,39+,40-,41-,42-,47-,48+,49?/m0/s1. The number of nitro groups is 1. The first-order chi connectivity index (χ1) is 31.9. The van der Waals surface area contributed by atoms with E-state index in [2.05, 4.69) is 12.2 Å². The predicted molar refractivity (Wildman–Crippen MR) is 238 cm³/mol. The molecule has 19 nitrogen and oxygen atoms in total. The molecule has 7 aliphatic rings. The number of nitrogens with zero attached hydrogens (tertiary/aromatic N) is 1.